The lowest BCUT2D eigenvalue weighted by molar-refractivity contribution is -0.0542. The average molecular weight is 254 g/mol. The standard InChI is InChI=1S/C12H22N4O2/c1-16-14-11(13-15-16)8-10(17)12(18-2)9-6-4-3-5-7-9/h9-10,12,17H,3-8H2,1-2H3. The Bertz CT molecular complexity index is 363. The van der Waals surface area contributed by atoms with Crippen LogP contribution in [-0.4, -0.2) is 44.6 Å². The molecule has 0 saturated heterocycles. The zero-order valence-corrected chi connectivity index (χ0v) is 11.1. The summed E-state index contributed by atoms with van der Waals surface area (Å²) < 4.78 is 5.50. The molecule has 1 aliphatic carbocycles. The van der Waals surface area contributed by atoms with Crippen molar-refractivity contribution in [1.29, 1.82) is 0 Å². The van der Waals surface area contributed by atoms with Crippen molar-refractivity contribution in [3.05, 3.63) is 5.82 Å². The lowest BCUT2D eigenvalue weighted by atomic mass is 9.82. The third kappa shape index (κ3) is 3.26. The van der Waals surface area contributed by atoms with Gasteiger partial charge < -0.3 is 9.84 Å². The third-order valence-corrected chi connectivity index (χ3v) is 3.71. The van der Waals surface area contributed by atoms with Crippen LogP contribution in [0.25, 0.3) is 0 Å². The van der Waals surface area contributed by atoms with Crippen LogP contribution in [0.1, 0.15) is 37.9 Å². The van der Waals surface area contributed by atoms with Crippen LogP contribution in [-0.2, 0) is 18.2 Å². The van der Waals surface area contributed by atoms with Gasteiger partial charge in [-0.25, -0.2) is 0 Å². The van der Waals surface area contributed by atoms with Crippen LogP contribution in [0.4, 0.5) is 0 Å². The van der Waals surface area contributed by atoms with Crippen LogP contribution in [0.5, 0.6) is 0 Å². The number of ether oxygens (including phenoxy) is 1. The Labute approximate surface area is 107 Å². The largest absolute Gasteiger partial charge is 0.390 e. The zero-order chi connectivity index (χ0) is 13.0. The van der Waals surface area contributed by atoms with Crippen molar-refractivity contribution in [2.45, 2.75) is 50.7 Å². The molecule has 1 aromatic heterocycles. The van der Waals surface area contributed by atoms with Gasteiger partial charge in [-0.05, 0) is 24.0 Å². The van der Waals surface area contributed by atoms with Crippen molar-refractivity contribution < 1.29 is 9.84 Å². The first-order valence-corrected chi connectivity index (χ1v) is 6.64. The number of aliphatic hydroxyl groups excluding tert-OH is 1. The topological polar surface area (TPSA) is 73.1 Å². The van der Waals surface area contributed by atoms with Gasteiger partial charge in [-0.1, -0.05) is 19.3 Å². The summed E-state index contributed by atoms with van der Waals surface area (Å²) in [7, 11) is 3.39. The minimum absolute atomic E-state index is 0.117. The molecule has 0 aliphatic heterocycles. The van der Waals surface area contributed by atoms with Crippen LogP contribution in [0.3, 0.4) is 0 Å². The maximum absolute atomic E-state index is 10.3. The van der Waals surface area contributed by atoms with Crippen LogP contribution in [0.2, 0.25) is 0 Å². The molecule has 6 heteroatoms. The maximum Gasteiger partial charge on any atom is 0.177 e. The van der Waals surface area contributed by atoms with E-state index >= 15 is 0 Å². The van der Waals surface area contributed by atoms with Crippen molar-refractivity contribution >= 4 is 0 Å². The normalized spacial score (nSPS) is 20.8. The highest BCUT2D eigenvalue weighted by atomic mass is 16.5. The Morgan fingerprint density at radius 2 is 2.11 bits per heavy atom. The highest BCUT2D eigenvalue weighted by Crippen LogP contribution is 2.29. The molecule has 0 amide bonds. The molecule has 1 saturated carbocycles. The average Bonchev–Trinajstić information content (AvgIpc) is 2.77. The highest BCUT2D eigenvalue weighted by molar-refractivity contribution is 4.88. The van der Waals surface area contributed by atoms with E-state index < -0.39 is 6.10 Å². The Morgan fingerprint density at radius 3 is 2.67 bits per heavy atom. The minimum atomic E-state index is -0.553. The van der Waals surface area contributed by atoms with Gasteiger partial charge in [0.05, 0.1) is 19.3 Å². The number of methoxy groups -OCH3 is 1. The van der Waals surface area contributed by atoms with E-state index in [-0.39, 0.29) is 6.10 Å². The van der Waals surface area contributed by atoms with Gasteiger partial charge in [0.15, 0.2) is 5.82 Å². The molecule has 1 aromatic rings. The molecular formula is C12H22N4O2. The highest BCUT2D eigenvalue weighted by Gasteiger charge is 2.30. The van der Waals surface area contributed by atoms with Crippen molar-refractivity contribution in [2.24, 2.45) is 13.0 Å². The zero-order valence-electron chi connectivity index (χ0n) is 11.1. The number of nitrogens with zero attached hydrogens (tertiary/aromatic N) is 4. The van der Waals surface area contributed by atoms with Crippen molar-refractivity contribution in [3.63, 3.8) is 0 Å². The van der Waals surface area contributed by atoms with Gasteiger partial charge in [0.2, 0.25) is 0 Å². The summed E-state index contributed by atoms with van der Waals surface area (Å²) in [5, 5.41) is 22.0. The first-order valence-electron chi connectivity index (χ1n) is 6.64. The molecule has 0 radical (unpaired) electrons. The molecule has 0 bridgehead atoms. The minimum Gasteiger partial charge on any atom is -0.390 e. The number of aryl methyl sites for hydroxylation is 1. The van der Waals surface area contributed by atoms with Gasteiger partial charge >= 0.3 is 0 Å². The van der Waals surface area contributed by atoms with Crippen LogP contribution < -0.4 is 0 Å². The first-order chi connectivity index (χ1) is 8.70. The van der Waals surface area contributed by atoms with Crippen molar-refractivity contribution in [1.82, 2.24) is 20.2 Å². The van der Waals surface area contributed by atoms with Gasteiger partial charge in [-0.15, -0.1) is 10.2 Å². The van der Waals surface area contributed by atoms with E-state index in [2.05, 4.69) is 15.4 Å². The Balaban J connectivity index is 1.93. The number of aromatic nitrogens is 4. The predicted molar refractivity (Wildman–Crippen MR) is 65.9 cm³/mol. The number of rotatable bonds is 5. The molecule has 102 valence electrons. The molecule has 18 heavy (non-hydrogen) atoms. The molecule has 0 aromatic carbocycles. The van der Waals surface area contributed by atoms with Crippen LogP contribution >= 0.6 is 0 Å². The van der Waals surface area contributed by atoms with Gasteiger partial charge in [0.1, 0.15) is 0 Å². The summed E-state index contributed by atoms with van der Waals surface area (Å²) in [6.07, 6.45) is 5.79. The quantitative estimate of drug-likeness (QED) is 0.837. The van der Waals surface area contributed by atoms with Crippen LogP contribution in [0, 0.1) is 5.92 Å². The maximum atomic E-state index is 10.3. The van der Waals surface area contributed by atoms with E-state index in [0.29, 0.717) is 18.2 Å². The molecule has 1 heterocycles. The third-order valence-electron chi connectivity index (χ3n) is 3.71. The number of tetrazole rings is 1. The van der Waals surface area contributed by atoms with Gasteiger partial charge in [0, 0.05) is 13.5 Å². The molecule has 1 fully saturated rings. The first kappa shape index (κ1) is 13.4. The second-order valence-corrected chi connectivity index (χ2v) is 5.06. The monoisotopic (exact) mass is 254 g/mol. The summed E-state index contributed by atoms with van der Waals surface area (Å²) >= 11 is 0. The summed E-state index contributed by atoms with van der Waals surface area (Å²) in [6.45, 7) is 0. The van der Waals surface area contributed by atoms with Gasteiger partial charge in [0.25, 0.3) is 0 Å². The molecule has 1 N–H and O–H groups in total. The fourth-order valence-corrected chi connectivity index (χ4v) is 2.83. The van der Waals surface area contributed by atoms with Crippen LogP contribution in [0.15, 0.2) is 0 Å². The molecular weight excluding hydrogens is 232 g/mol. The number of aliphatic hydroxyl groups is 1. The second kappa shape index (κ2) is 6.24. The van der Waals surface area contributed by atoms with Crippen molar-refractivity contribution in [3.8, 4) is 0 Å². The van der Waals surface area contributed by atoms with E-state index in [4.69, 9.17) is 4.74 Å². The summed E-state index contributed by atoms with van der Waals surface area (Å²) in [5.41, 5.74) is 0. The molecule has 1 aliphatic rings. The number of hydrogen-bond acceptors (Lipinski definition) is 5. The SMILES string of the molecule is COC(C(O)Cc1nnn(C)n1)C1CCCCC1. The predicted octanol–water partition coefficient (Wildman–Crippen LogP) is 0.709. The van der Waals surface area contributed by atoms with E-state index in [1.165, 1.54) is 24.1 Å². The smallest absolute Gasteiger partial charge is 0.177 e. The van der Waals surface area contributed by atoms with E-state index in [9.17, 15) is 5.11 Å². The fraction of sp³-hybridized carbons (Fsp3) is 0.917. The summed E-state index contributed by atoms with van der Waals surface area (Å²) in [6, 6.07) is 0. The summed E-state index contributed by atoms with van der Waals surface area (Å²) in [4.78, 5) is 1.41. The molecule has 2 rings (SSSR count). The van der Waals surface area contributed by atoms with E-state index in [1.807, 2.05) is 0 Å². The molecule has 0 spiro atoms. The number of hydrogen-bond donors (Lipinski definition) is 1. The lowest BCUT2D eigenvalue weighted by Crippen LogP contribution is -2.38. The lowest BCUT2D eigenvalue weighted by Gasteiger charge is -2.32. The van der Waals surface area contributed by atoms with E-state index in [1.54, 1.807) is 14.2 Å². The summed E-state index contributed by atoms with van der Waals surface area (Å²) in [5.74, 6) is 1.03. The second-order valence-electron chi connectivity index (χ2n) is 5.06. The van der Waals surface area contributed by atoms with E-state index in [0.717, 1.165) is 12.8 Å². The van der Waals surface area contributed by atoms with Gasteiger partial charge in [-0.2, -0.15) is 4.80 Å². The Kier molecular flexibility index (Phi) is 4.66. The Hall–Kier alpha value is -1.01. The molecule has 2 atom stereocenters. The molecule has 6 nitrogen and oxygen atoms in total. The Morgan fingerprint density at radius 1 is 1.39 bits per heavy atom. The molecule has 2 unspecified atom stereocenters. The van der Waals surface area contributed by atoms with Crippen molar-refractivity contribution in [2.75, 3.05) is 7.11 Å². The fourth-order valence-electron chi connectivity index (χ4n) is 2.83. The van der Waals surface area contributed by atoms with Gasteiger partial charge in [-0.3, -0.25) is 0 Å².